The van der Waals surface area contributed by atoms with E-state index in [9.17, 15) is 13.2 Å². The lowest BCUT2D eigenvalue weighted by Gasteiger charge is -2.42. The number of hydrazine groups is 1. The van der Waals surface area contributed by atoms with Gasteiger partial charge in [-0.15, -0.1) is 11.3 Å². The highest BCUT2D eigenvalue weighted by Gasteiger charge is 2.45. The first-order chi connectivity index (χ1) is 9.31. The van der Waals surface area contributed by atoms with Crippen LogP contribution in [0.25, 0.3) is 0 Å². The van der Waals surface area contributed by atoms with E-state index in [-0.39, 0.29) is 11.6 Å². The molecule has 0 bridgehead atoms. The monoisotopic (exact) mass is 308 g/mol. The normalized spacial score (nSPS) is 20.6. The predicted molar refractivity (Wildman–Crippen MR) is 72.1 cm³/mol. The maximum Gasteiger partial charge on any atom is 0.443 e. The third-order valence-corrected chi connectivity index (χ3v) is 5.22. The standard InChI is InChI=1S/C12H19F3N4S/c1-19(2)11(5-3-4-6-11)9(18-16)8-7-17-10(20-8)12(13,14)15/h7,9,18H,3-6,16H2,1-2H3. The molecular weight excluding hydrogens is 289 g/mol. The van der Waals surface area contributed by atoms with E-state index in [2.05, 4.69) is 15.3 Å². The zero-order valence-electron chi connectivity index (χ0n) is 11.5. The second-order valence-electron chi connectivity index (χ2n) is 5.37. The van der Waals surface area contributed by atoms with Gasteiger partial charge in [-0.25, -0.2) is 4.98 Å². The number of rotatable bonds is 4. The van der Waals surface area contributed by atoms with Gasteiger partial charge >= 0.3 is 6.18 Å². The summed E-state index contributed by atoms with van der Waals surface area (Å²) in [6.07, 6.45) is 0.829. The van der Waals surface area contributed by atoms with Crippen LogP contribution >= 0.6 is 11.3 Å². The van der Waals surface area contributed by atoms with Crippen molar-refractivity contribution in [3.8, 4) is 0 Å². The number of aromatic nitrogens is 1. The van der Waals surface area contributed by atoms with Crippen LogP contribution < -0.4 is 11.3 Å². The largest absolute Gasteiger partial charge is 0.443 e. The van der Waals surface area contributed by atoms with Crippen LogP contribution in [0, 0.1) is 0 Å². The third-order valence-electron chi connectivity index (χ3n) is 4.11. The highest BCUT2D eigenvalue weighted by atomic mass is 32.1. The van der Waals surface area contributed by atoms with Crippen molar-refractivity contribution < 1.29 is 13.2 Å². The molecule has 0 aromatic carbocycles. The molecule has 0 amide bonds. The molecule has 0 aliphatic heterocycles. The Bertz CT molecular complexity index is 452. The fraction of sp³-hybridized carbons (Fsp3) is 0.750. The summed E-state index contributed by atoms with van der Waals surface area (Å²) in [5, 5.41) is -0.820. The second-order valence-corrected chi connectivity index (χ2v) is 6.43. The minimum Gasteiger partial charge on any atom is -0.302 e. The van der Waals surface area contributed by atoms with Crippen LogP contribution in [0.3, 0.4) is 0 Å². The van der Waals surface area contributed by atoms with Gasteiger partial charge in [-0.2, -0.15) is 13.2 Å². The molecule has 2 rings (SSSR count). The first-order valence-corrected chi connectivity index (χ1v) is 7.29. The average Bonchev–Trinajstić information content (AvgIpc) is 2.98. The third kappa shape index (κ3) is 2.69. The topological polar surface area (TPSA) is 54.2 Å². The molecule has 1 aliphatic carbocycles. The van der Waals surface area contributed by atoms with Crippen molar-refractivity contribution in [2.75, 3.05) is 14.1 Å². The van der Waals surface area contributed by atoms with Crippen LogP contribution in [-0.2, 0) is 6.18 Å². The highest BCUT2D eigenvalue weighted by Crippen LogP contribution is 2.45. The van der Waals surface area contributed by atoms with Crippen molar-refractivity contribution >= 4 is 11.3 Å². The Morgan fingerprint density at radius 3 is 2.40 bits per heavy atom. The van der Waals surface area contributed by atoms with E-state index in [0.717, 1.165) is 25.7 Å². The lowest BCUT2D eigenvalue weighted by molar-refractivity contribution is -0.137. The summed E-state index contributed by atoms with van der Waals surface area (Å²) in [6.45, 7) is 0. The molecule has 1 unspecified atom stereocenters. The van der Waals surface area contributed by atoms with Crippen LogP contribution in [0.4, 0.5) is 13.2 Å². The van der Waals surface area contributed by atoms with Crippen LogP contribution in [0.5, 0.6) is 0 Å². The van der Waals surface area contributed by atoms with E-state index < -0.39 is 11.2 Å². The van der Waals surface area contributed by atoms with Crippen molar-refractivity contribution in [1.82, 2.24) is 15.3 Å². The maximum atomic E-state index is 12.7. The number of thiazole rings is 1. The number of nitrogens with one attached hydrogen (secondary N) is 1. The van der Waals surface area contributed by atoms with Crippen molar-refractivity contribution in [3.05, 3.63) is 16.1 Å². The zero-order chi connectivity index (χ0) is 15.0. The summed E-state index contributed by atoms with van der Waals surface area (Å²) >= 11 is 0.670. The molecule has 1 aromatic rings. The van der Waals surface area contributed by atoms with Crippen molar-refractivity contribution in [3.63, 3.8) is 0 Å². The Morgan fingerprint density at radius 2 is 2.00 bits per heavy atom. The molecule has 114 valence electrons. The first kappa shape index (κ1) is 15.7. The quantitative estimate of drug-likeness (QED) is 0.663. The summed E-state index contributed by atoms with van der Waals surface area (Å²) in [4.78, 5) is 6.10. The fourth-order valence-corrected chi connectivity index (χ4v) is 3.99. The first-order valence-electron chi connectivity index (χ1n) is 6.48. The Morgan fingerprint density at radius 1 is 1.40 bits per heavy atom. The Balaban J connectivity index is 2.34. The highest BCUT2D eigenvalue weighted by molar-refractivity contribution is 7.11. The van der Waals surface area contributed by atoms with Crippen LogP contribution in [0.1, 0.15) is 41.6 Å². The molecule has 20 heavy (non-hydrogen) atoms. The van der Waals surface area contributed by atoms with E-state index in [1.807, 2.05) is 14.1 Å². The van der Waals surface area contributed by atoms with Crippen LogP contribution in [0.2, 0.25) is 0 Å². The van der Waals surface area contributed by atoms with Gasteiger partial charge in [0.1, 0.15) is 0 Å². The van der Waals surface area contributed by atoms with Gasteiger partial charge in [0, 0.05) is 16.6 Å². The van der Waals surface area contributed by atoms with Gasteiger partial charge < -0.3 is 4.90 Å². The minimum atomic E-state index is -4.40. The lowest BCUT2D eigenvalue weighted by Crippen LogP contribution is -2.53. The molecule has 0 spiro atoms. The second kappa shape index (κ2) is 5.59. The number of hydrogen-bond donors (Lipinski definition) is 2. The van der Waals surface area contributed by atoms with Gasteiger partial charge in [0.25, 0.3) is 0 Å². The van der Waals surface area contributed by atoms with Gasteiger partial charge in [-0.3, -0.25) is 11.3 Å². The molecule has 0 radical (unpaired) electrons. The molecule has 8 heteroatoms. The van der Waals surface area contributed by atoms with E-state index in [4.69, 9.17) is 5.84 Å². The van der Waals surface area contributed by atoms with Crippen molar-refractivity contribution in [2.45, 2.75) is 43.4 Å². The SMILES string of the molecule is CN(C)C1(C(NN)c2cnc(C(F)(F)F)s2)CCCC1. The Hall–Kier alpha value is -0.700. The summed E-state index contributed by atoms with van der Waals surface area (Å²) in [5.74, 6) is 5.65. The van der Waals surface area contributed by atoms with Crippen LogP contribution in [0.15, 0.2) is 6.20 Å². The number of hydrogen-bond acceptors (Lipinski definition) is 5. The van der Waals surface area contributed by atoms with Gasteiger partial charge in [0.2, 0.25) is 0 Å². The summed E-state index contributed by atoms with van der Waals surface area (Å²) in [7, 11) is 3.89. The van der Waals surface area contributed by atoms with Crippen molar-refractivity contribution in [2.24, 2.45) is 5.84 Å². The molecule has 1 aromatic heterocycles. The average molecular weight is 308 g/mol. The molecular formula is C12H19F3N4S. The van der Waals surface area contributed by atoms with Gasteiger partial charge in [-0.05, 0) is 26.9 Å². The molecule has 1 atom stereocenters. The van der Waals surface area contributed by atoms with Crippen LogP contribution in [-0.4, -0.2) is 29.5 Å². The number of halogens is 3. The maximum absolute atomic E-state index is 12.7. The number of likely N-dealkylation sites (N-methyl/N-ethyl adjacent to an activating group) is 1. The van der Waals surface area contributed by atoms with E-state index >= 15 is 0 Å². The molecule has 4 nitrogen and oxygen atoms in total. The summed E-state index contributed by atoms with van der Waals surface area (Å²) in [5.41, 5.74) is 2.46. The minimum absolute atomic E-state index is 0.246. The van der Waals surface area contributed by atoms with Gasteiger partial charge in [0.15, 0.2) is 5.01 Å². The zero-order valence-corrected chi connectivity index (χ0v) is 12.3. The molecule has 0 saturated heterocycles. The molecule has 1 saturated carbocycles. The van der Waals surface area contributed by atoms with E-state index in [1.165, 1.54) is 6.20 Å². The number of nitrogens with zero attached hydrogens (tertiary/aromatic N) is 2. The van der Waals surface area contributed by atoms with E-state index in [1.54, 1.807) is 0 Å². The number of alkyl halides is 3. The van der Waals surface area contributed by atoms with Crippen molar-refractivity contribution in [1.29, 1.82) is 0 Å². The molecule has 1 heterocycles. The van der Waals surface area contributed by atoms with E-state index in [0.29, 0.717) is 16.2 Å². The van der Waals surface area contributed by atoms with Gasteiger partial charge in [-0.1, -0.05) is 12.8 Å². The molecule has 3 N–H and O–H groups in total. The fourth-order valence-electron chi connectivity index (χ4n) is 3.03. The Kier molecular flexibility index (Phi) is 4.38. The Labute approximate surface area is 120 Å². The van der Waals surface area contributed by atoms with Gasteiger partial charge in [0.05, 0.1) is 6.04 Å². The predicted octanol–water partition coefficient (Wildman–Crippen LogP) is 2.54. The number of nitrogens with two attached hydrogens (primary N) is 1. The smallest absolute Gasteiger partial charge is 0.302 e. The summed E-state index contributed by atoms with van der Waals surface area (Å²) in [6, 6.07) is -0.339. The summed E-state index contributed by atoms with van der Waals surface area (Å²) < 4.78 is 38.1. The molecule has 1 fully saturated rings. The molecule has 1 aliphatic rings. The lowest BCUT2D eigenvalue weighted by atomic mass is 9.86.